The van der Waals surface area contributed by atoms with Crippen LogP contribution in [0.15, 0.2) is 70.7 Å². The number of carbonyl (C=O) groups excluding carboxylic acids is 1. The summed E-state index contributed by atoms with van der Waals surface area (Å²) in [6.07, 6.45) is 4.80. The van der Waals surface area contributed by atoms with Crippen LogP contribution in [0.5, 0.6) is 0 Å². The molecule has 7 nitrogen and oxygen atoms in total. The predicted octanol–water partition coefficient (Wildman–Crippen LogP) is 5.31. The van der Waals surface area contributed by atoms with Crippen molar-refractivity contribution in [2.24, 2.45) is 0 Å². The van der Waals surface area contributed by atoms with Crippen LogP contribution in [0.1, 0.15) is 20.9 Å². The first-order valence-electron chi connectivity index (χ1n) is 8.69. The van der Waals surface area contributed by atoms with E-state index >= 15 is 0 Å². The molecule has 0 atom stereocenters. The molecule has 8 heteroatoms. The van der Waals surface area contributed by atoms with E-state index in [1.54, 1.807) is 41.9 Å². The van der Waals surface area contributed by atoms with E-state index in [4.69, 9.17) is 4.42 Å². The number of non-ortho nitro benzene ring substituents is 1. The van der Waals surface area contributed by atoms with Crippen molar-refractivity contribution >= 4 is 28.9 Å². The van der Waals surface area contributed by atoms with Crippen molar-refractivity contribution in [1.29, 1.82) is 0 Å². The third-order valence-corrected chi connectivity index (χ3v) is 5.20. The van der Waals surface area contributed by atoms with Crippen LogP contribution in [-0.4, -0.2) is 20.5 Å². The Bertz CT molecular complexity index is 1190. The van der Waals surface area contributed by atoms with Gasteiger partial charge in [-0.05, 0) is 54.8 Å². The molecule has 0 unspecified atom stereocenters. The molecule has 4 aromatic rings. The third kappa shape index (κ3) is 3.65. The summed E-state index contributed by atoms with van der Waals surface area (Å²) in [4.78, 5) is 24.4. The van der Waals surface area contributed by atoms with Gasteiger partial charge < -0.3 is 4.42 Å². The highest BCUT2D eigenvalue weighted by Gasteiger charge is 2.23. The molecule has 4 rings (SSSR count). The smallest absolute Gasteiger partial charge is 0.269 e. The molecule has 0 fully saturated rings. The molecular weight excluding hydrogens is 390 g/mol. The van der Waals surface area contributed by atoms with Gasteiger partial charge in [-0.1, -0.05) is 6.07 Å². The van der Waals surface area contributed by atoms with E-state index in [2.05, 4.69) is 5.10 Å². The molecule has 0 bridgehead atoms. The first-order valence-corrected chi connectivity index (χ1v) is 9.57. The van der Waals surface area contributed by atoms with Crippen molar-refractivity contribution in [3.05, 3.63) is 92.5 Å². The van der Waals surface area contributed by atoms with Crippen LogP contribution < -0.4 is 0 Å². The van der Waals surface area contributed by atoms with Gasteiger partial charge >= 0.3 is 0 Å². The van der Waals surface area contributed by atoms with Crippen LogP contribution in [-0.2, 0) is 0 Å². The number of hydrogen-bond acceptors (Lipinski definition) is 6. The molecular formula is C21H15N3O4S. The average molecular weight is 405 g/mol. The highest BCUT2D eigenvalue weighted by molar-refractivity contribution is 7.10. The molecule has 144 valence electrons. The molecule has 0 aliphatic heterocycles. The minimum Gasteiger partial charge on any atom is -0.463 e. The van der Waals surface area contributed by atoms with Gasteiger partial charge in [0.1, 0.15) is 5.69 Å². The summed E-state index contributed by atoms with van der Waals surface area (Å²) in [7, 11) is 0. The Kier molecular flexibility index (Phi) is 4.92. The zero-order valence-electron chi connectivity index (χ0n) is 15.3. The van der Waals surface area contributed by atoms with Crippen LogP contribution in [0.4, 0.5) is 5.69 Å². The van der Waals surface area contributed by atoms with Gasteiger partial charge in [-0.25, -0.2) is 4.68 Å². The number of hydrogen-bond donors (Lipinski definition) is 0. The van der Waals surface area contributed by atoms with Gasteiger partial charge in [0.05, 0.1) is 28.1 Å². The number of allylic oxidation sites excluding steroid dienone is 1. The number of ketones is 1. The SMILES string of the molecule is Cc1c(C(=O)/C=C/c2cccs2)c(-c2ccco2)nn1-c1ccc([N+](=O)[O-])cc1. The second-order valence-corrected chi connectivity index (χ2v) is 7.16. The molecule has 0 aliphatic carbocycles. The quantitative estimate of drug-likeness (QED) is 0.188. The first-order chi connectivity index (χ1) is 14.0. The fourth-order valence-electron chi connectivity index (χ4n) is 2.98. The van der Waals surface area contributed by atoms with Crippen molar-refractivity contribution in [3.8, 4) is 17.1 Å². The zero-order chi connectivity index (χ0) is 20.4. The van der Waals surface area contributed by atoms with E-state index in [0.717, 1.165) is 4.88 Å². The van der Waals surface area contributed by atoms with Gasteiger partial charge in [-0.3, -0.25) is 14.9 Å². The Morgan fingerprint density at radius 2 is 2.00 bits per heavy atom. The van der Waals surface area contributed by atoms with E-state index in [1.807, 2.05) is 17.5 Å². The second kappa shape index (κ2) is 7.69. The largest absolute Gasteiger partial charge is 0.463 e. The lowest BCUT2D eigenvalue weighted by molar-refractivity contribution is -0.384. The lowest BCUT2D eigenvalue weighted by Gasteiger charge is -2.04. The Morgan fingerprint density at radius 1 is 1.21 bits per heavy atom. The van der Waals surface area contributed by atoms with E-state index in [1.165, 1.54) is 35.8 Å². The summed E-state index contributed by atoms with van der Waals surface area (Å²) in [6.45, 7) is 1.78. The number of nitro benzene ring substituents is 1. The normalized spacial score (nSPS) is 11.2. The lowest BCUT2D eigenvalue weighted by atomic mass is 10.1. The second-order valence-electron chi connectivity index (χ2n) is 6.18. The molecule has 0 saturated carbocycles. The maximum atomic E-state index is 13.0. The van der Waals surface area contributed by atoms with Crippen LogP contribution in [0, 0.1) is 17.0 Å². The molecule has 0 radical (unpaired) electrons. The third-order valence-electron chi connectivity index (χ3n) is 4.36. The highest BCUT2D eigenvalue weighted by Crippen LogP contribution is 2.29. The van der Waals surface area contributed by atoms with Crippen LogP contribution >= 0.6 is 11.3 Å². The summed E-state index contributed by atoms with van der Waals surface area (Å²) >= 11 is 1.54. The van der Waals surface area contributed by atoms with Crippen molar-refractivity contribution in [2.45, 2.75) is 6.92 Å². The maximum absolute atomic E-state index is 13.0. The maximum Gasteiger partial charge on any atom is 0.269 e. The van der Waals surface area contributed by atoms with Crippen LogP contribution in [0.3, 0.4) is 0 Å². The van der Waals surface area contributed by atoms with E-state index in [-0.39, 0.29) is 11.5 Å². The van der Waals surface area contributed by atoms with E-state index in [9.17, 15) is 14.9 Å². The van der Waals surface area contributed by atoms with Crippen molar-refractivity contribution in [1.82, 2.24) is 9.78 Å². The minimum atomic E-state index is -0.460. The molecule has 29 heavy (non-hydrogen) atoms. The summed E-state index contributed by atoms with van der Waals surface area (Å²) in [5.41, 5.74) is 2.06. The van der Waals surface area contributed by atoms with Crippen LogP contribution in [0.25, 0.3) is 23.2 Å². The summed E-state index contributed by atoms with van der Waals surface area (Å²) in [5.74, 6) is 0.275. The Hall–Kier alpha value is -3.78. The Morgan fingerprint density at radius 3 is 2.62 bits per heavy atom. The zero-order valence-corrected chi connectivity index (χ0v) is 16.1. The fraction of sp³-hybridized carbons (Fsp3) is 0.0476. The average Bonchev–Trinajstić information content (AvgIpc) is 3.47. The number of carbonyl (C=O) groups is 1. The summed E-state index contributed by atoms with van der Waals surface area (Å²) in [6, 6.07) is 13.3. The molecule has 1 aromatic carbocycles. The summed E-state index contributed by atoms with van der Waals surface area (Å²) in [5, 5.41) is 17.4. The van der Waals surface area contributed by atoms with Crippen molar-refractivity contribution < 1.29 is 14.1 Å². The highest BCUT2D eigenvalue weighted by atomic mass is 32.1. The standard InChI is InChI=1S/C21H15N3O4S/c1-14-20(18(25)11-10-17-4-3-13-29-17)21(19-5-2-12-28-19)22-23(14)15-6-8-16(9-7-15)24(26)27/h2-13H,1H3/b11-10+. The number of nitrogens with zero attached hydrogens (tertiary/aromatic N) is 3. The molecule has 3 heterocycles. The molecule has 0 amide bonds. The number of benzene rings is 1. The Balaban J connectivity index is 1.79. The van der Waals surface area contributed by atoms with Gasteiger partial charge in [-0.15, -0.1) is 11.3 Å². The predicted molar refractivity (Wildman–Crippen MR) is 110 cm³/mol. The molecule has 0 saturated heterocycles. The van der Waals surface area contributed by atoms with Gasteiger partial charge in [0, 0.05) is 17.0 Å². The number of furan rings is 1. The number of thiophene rings is 1. The number of aromatic nitrogens is 2. The molecule has 0 spiro atoms. The number of rotatable bonds is 6. The van der Waals surface area contributed by atoms with Crippen molar-refractivity contribution in [2.75, 3.05) is 0 Å². The lowest BCUT2D eigenvalue weighted by Crippen LogP contribution is -2.02. The van der Waals surface area contributed by atoms with Gasteiger partial charge in [0.25, 0.3) is 5.69 Å². The topological polar surface area (TPSA) is 91.2 Å². The monoisotopic (exact) mass is 405 g/mol. The minimum absolute atomic E-state index is 0.0139. The molecule has 3 aromatic heterocycles. The first kappa shape index (κ1) is 18.6. The van der Waals surface area contributed by atoms with Gasteiger partial charge in [0.15, 0.2) is 11.5 Å². The van der Waals surface area contributed by atoms with Gasteiger partial charge in [0.2, 0.25) is 0 Å². The van der Waals surface area contributed by atoms with Crippen molar-refractivity contribution in [3.63, 3.8) is 0 Å². The Labute approximate surface area is 169 Å². The summed E-state index contributed by atoms with van der Waals surface area (Å²) < 4.78 is 7.07. The van der Waals surface area contributed by atoms with Crippen LogP contribution in [0.2, 0.25) is 0 Å². The number of nitro groups is 1. The molecule has 0 aliphatic rings. The molecule has 0 N–H and O–H groups in total. The van der Waals surface area contributed by atoms with E-state index in [0.29, 0.717) is 28.4 Å². The van der Waals surface area contributed by atoms with E-state index < -0.39 is 4.92 Å². The fourth-order valence-corrected chi connectivity index (χ4v) is 3.60. The van der Waals surface area contributed by atoms with Gasteiger partial charge in [-0.2, -0.15) is 5.10 Å².